The molecule has 1 heterocycles. The minimum absolute atomic E-state index is 0.0659. The van der Waals surface area contributed by atoms with E-state index in [-0.39, 0.29) is 5.43 Å². The van der Waals surface area contributed by atoms with Gasteiger partial charge in [0.15, 0.2) is 5.43 Å². The minimum atomic E-state index is -0.0659. The van der Waals surface area contributed by atoms with Crippen molar-refractivity contribution in [3.63, 3.8) is 0 Å². The molecule has 0 fully saturated rings. The molecule has 0 aliphatic carbocycles. The summed E-state index contributed by atoms with van der Waals surface area (Å²) in [6, 6.07) is 19.9. The lowest BCUT2D eigenvalue weighted by Gasteiger charge is -2.11. The van der Waals surface area contributed by atoms with Crippen molar-refractivity contribution in [2.45, 2.75) is 6.42 Å². The first kappa shape index (κ1) is 18.6. The zero-order valence-electron chi connectivity index (χ0n) is 15.0. The molecule has 140 valence electrons. The molecule has 0 atom stereocenters. The van der Waals surface area contributed by atoms with E-state index in [4.69, 9.17) is 32.4 Å². The third kappa shape index (κ3) is 3.64. The molecule has 0 N–H and O–H groups in total. The van der Waals surface area contributed by atoms with Crippen molar-refractivity contribution >= 4 is 34.2 Å². The van der Waals surface area contributed by atoms with Crippen molar-refractivity contribution < 1.29 is 9.15 Å². The standard InChI is InChI=1S/C23H16Cl2O3/c1-27-18-10-11-19-21(13-18)28-23(15-4-8-17(25)9-5-15)20(22(19)26)12-14-2-6-16(24)7-3-14/h2-11,13H,12H2,1H3. The number of hydrogen-bond acceptors (Lipinski definition) is 3. The summed E-state index contributed by atoms with van der Waals surface area (Å²) in [5.74, 6) is 1.15. The highest BCUT2D eigenvalue weighted by atomic mass is 35.5. The van der Waals surface area contributed by atoms with Crippen molar-refractivity contribution in [1.29, 1.82) is 0 Å². The maximum atomic E-state index is 13.3. The Morgan fingerprint density at radius 2 is 1.54 bits per heavy atom. The molecule has 0 saturated carbocycles. The van der Waals surface area contributed by atoms with Gasteiger partial charge in [0.25, 0.3) is 0 Å². The molecule has 0 amide bonds. The molecule has 0 aliphatic rings. The quantitative estimate of drug-likeness (QED) is 0.392. The van der Waals surface area contributed by atoms with Gasteiger partial charge in [0.1, 0.15) is 17.1 Å². The minimum Gasteiger partial charge on any atom is -0.497 e. The lowest BCUT2D eigenvalue weighted by molar-refractivity contribution is 0.414. The normalized spacial score (nSPS) is 11.0. The van der Waals surface area contributed by atoms with Crippen LogP contribution in [0.3, 0.4) is 0 Å². The summed E-state index contributed by atoms with van der Waals surface area (Å²) in [6.45, 7) is 0. The Morgan fingerprint density at radius 1 is 0.893 bits per heavy atom. The number of methoxy groups -OCH3 is 1. The molecule has 0 aliphatic heterocycles. The Morgan fingerprint density at radius 3 is 2.18 bits per heavy atom. The maximum absolute atomic E-state index is 13.3. The SMILES string of the molecule is COc1ccc2c(=O)c(Cc3ccc(Cl)cc3)c(-c3ccc(Cl)cc3)oc2c1. The molecule has 0 saturated heterocycles. The fraction of sp³-hybridized carbons (Fsp3) is 0.0870. The van der Waals surface area contributed by atoms with Crippen LogP contribution in [-0.2, 0) is 6.42 Å². The first-order chi connectivity index (χ1) is 13.5. The van der Waals surface area contributed by atoms with Crippen LogP contribution in [0.5, 0.6) is 5.75 Å². The lowest BCUT2D eigenvalue weighted by atomic mass is 9.98. The van der Waals surface area contributed by atoms with Gasteiger partial charge in [-0.1, -0.05) is 35.3 Å². The third-order valence-electron chi connectivity index (χ3n) is 4.59. The second-order valence-corrected chi connectivity index (χ2v) is 7.28. The topological polar surface area (TPSA) is 39.4 Å². The maximum Gasteiger partial charge on any atom is 0.196 e. The molecule has 3 aromatic carbocycles. The van der Waals surface area contributed by atoms with E-state index in [9.17, 15) is 4.79 Å². The second kappa shape index (κ2) is 7.70. The van der Waals surface area contributed by atoms with E-state index in [1.54, 1.807) is 37.4 Å². The molecule has 5 heteroatoms. The van der Waals surface area contributed by atoms with E-state index in [1.807, 2.05) is 36.4 Å². The Balaban J connectivity index is 1.95. The molecule has 3 nitrogen and oxygen atoms in total. The molecule has 1 aromatic heterocycles. The van der Waals surface area contributed by atoms with Crippen LogP contribution in [0.15, 0.2) is 75.9 Å². The van der Waals surface area contributed by atoms with Crippen LogP contribution in [0.25, 0.3) is 22.3 Å². The highest BCUT2D eigenvalue weighted by Gasteiger charge is 2.17. The Kier molecular flexibility index (Phi) is 5.12. The predicted octanol–water partition coefficient (Wildman–Crippen LogP) is 6.37. The number of halogens is 2. The van der Waals surface area contributed by atoms with E-state index in [2.05, 4.69) is 0 Å². The molecule has 4 aromatic rings. The molecule has 0 unspecified atom stereocenters. The van der Waals surface area contributed by atoms with E-state index in [0.29, 0.717) is 44.5 Å². The first-order valence-corrected chi connectivity index (χ1v) is 9.45. The fourth-order valence-corrected chi connectivity index (χ4v) is 3.39. The van der Waals surface area contributed by atoms with Gasteiger partial charge in [0, 0.05) is 33.7 Å². The van der Waals surface area contributed by atoms with Gasteiger partial charge in [-0.2, -0.15) is 0 Å². The summed E-state index contributed by atoms with van der Waals surface area (Å²) in [5, 5.41) is 1.79. The predicted molar refractivity (Wildman–Crippen MR) is 114 cm³/mol. The Labute approximate surface area is 172 Å². The van der Waals surface area contributed by atoms with Crippen molar-refractivity contribution in [3.8, 4) is 17.1 Å². The van der Waals surface area contributed by atoms with Gasteiger partial charge in [0.05, 0.1) is 12.5 Å². The van der Waals surface area contributed by atoms with Crippen LogP contribution in [0.1, 0.15) is 11.1 Å². The van der Waals surface area contributed by atoms with Crippen LogP contribution >= 0.6 is 23.2 Å². The Hall–Kier alpha value is -2.75. The molecule has 4 rings (SSSR count). The van der Waals surface area contributed by atoms with Crippen molar-refractivity contribution in [2.24, 2.45) is 0 Å². The molecule has 0 spiro atoms. The van der Waals surface area contributed by atoms with Gasteiger partial charge in [0.2, 0.25) is 0 Å². The van der Waals surface area contributed by atoms with Gasteiger partial charge >= 0.3 is 0 Å². The van der Waals surface area contributed by atoms with Crippen LogP contribution < -0.4 is 10.2 Å². The van der Waals surface area contributed by atoms with Crippen LogP contribution in [0.4, 0.5) is 0 Å². The molecular formula is C23H16Cl2O3. The van der Waals surface area contributed by atoms with E-state index in [1.165, 1.54) is 0 Å². The highest BCUT2D eigenvalue weighted by Crippen LogP contribution is 2.30. The molecule has 0 bridgehead atoms. The van der Waals surface area contributed by atoms with E-state index < -0.39 is 0 Å². The van der Waals surface area contributed by atoms with Crippen LogP contribution in [-0.4, -0.2) is 7.11 Å². The monoisotopic (exact) mass is 410 g/mol. The summed E-state index contributed by atoms with van der Waals surface area (Å²) < 4.78 is 11.5. The van der Waals surface area contributed by atoms with Gasteiger partial charge in [-0.25, -0.2) is 0 Å². The van der Waals surface area contributed by atoms with Crippen molar-refractivity contribution in [3.05, 3.63) is 98.1 Å². The van der Waals surface area contributed by atoms with Crippen LogP contribution in [0.2, 0.25) is 10.0 Å². The van der Waals surface area contributed by atoms with Gasteiger partial charge in [-0.3, -0.25) is 4.79 Å². The number of hydrogen-bond donors (Lipinski definition) is 0. The fourth-order valence-electron chi connectivity index (χ4n) is 3.14. The van der Waals surface area contributed by atoms with Gasteiger partial charge < -0.3 is 9.15 Å². The van der Waals surface area contributed by atoms with Crippen molar-refractivity contribution in [2.75, 3.05) is 7.11 Å². The summed E-state index contributed by atoms with van der Waals surface area (Å²) in [7, 11) is 1.58. The molecule has 28 heavy (non-hydrogen) atoms. The van der Waals surface area contributed by atoms with Gasteiger partial charge in [-0.15, -0.1) is 0 Å². The summed E-state index contributed by atoms with van der Waals surface area (Å²) >= 11 is 12.0. The third-order valence-corrected chi connectivity index (χ3v) is 5.10. The van der Waals surface area contributed by atoms with Crippen molar-refractivity contribution in [1.82, 2.24) is 0 Å². The number of rotatable bonds is 4. The molecule has 0 radical (unpaired) electrons. The summed E-state index contributed by atoms with van der Waals surface area (Å²) in [5.41, 5.74) is 2.76. The summed E-state index contributed by atoms with van der Waals surface area (Å²) in [4.78, 5) is 13.3. The smallest absolute Gasteiger partial charge is 0.196 e. The first-order valence-electron chi connectivity index (χ1n) is 8.69. The molecular weight excluding hydrogens is 395 g/mol. The number of benzene rings is 3. The van der Waals surface area contributed by atoms with Gasteiger partial charge in [-0.05, 0) is 54.1 Å². The second-order valence-electron chi connectivity index (χ2n) is 6.41. The van der Waals surface area contributed by atoms with Crippen LogP contribution in [0, 0.1) is 0 Å². The van der Waals surface area contributed by atoms with E-state index in [0.717, 1.165) is 11.1 Å². The average molecular weight is 411 g/mol. The Bertz CT molecular complexity index is 1190. The lowest BCUT2D eigenvalue weighted by Crippen LogP contribution is -2.12. The average Bonchev–Trinajstić information content (AvgIpc) is 2.71. The highest BCUT2D eigenvalue weighted by molar-refractivity contribution is 6.30. The van der Waals surface area contributed by atoms with E-state index >= 15 is 0 Å². The summed E-state index contributed by atoms with van der Waals surface area (Å²) in [6.07, 6.45) is 0.430. The largest absolute Gasteiger partial charge is 0.497 e. The number of fused-ring (bicyclic) bond motifs is 1. The zero-order valence-corrected chi connectivity index (χ0v) is 16.6. The zero-order chi connectivity index (χ0) is 19.7. The number of ether oxygens (including phenoxy) is 1.